The molecule has 0 radical (unpaired) electrons. The van der Waals surface area contributed by atoms with Gasteiger partial charge in [-0.25, -0.2) is 4.98 Å². The van der Waals surface area contributed by atoms with Gasteiger partial charge in [0.15, 0.2) is 5.82 Å². The van der Waals surface area contributed by atoms with E-state index in [1.54, 1.807) is 12.1 Å². The third-order valence-electron chi connectivity index (χ3n) is 4.29. The van der Waals surface area contributed by atoms with Crippen LogP contribution < -0.4 is 10.6 Å². The summed E-state index contributed by atoms with van der Waals surface area (Å²) in [5, 5.41) is 5.56. The van der Waals surface area contributed by atoms with Gasteiger partial charge >= 0.3 is 0 Å². The number of aryl methyl sites for hydroxylation is 1. The van der Waals surface area contributed by atoms with Gasteiger partial charge in [0.1, 0.15) is 0 Å². The van der Waals surface area contributed by atoms with Crippen LogP contribution in [0.2, 0.25) is 0 Å². The van der Waals surface area contributed by atoms with Gasteiger partial charge in [0, 0.05) is 25.4 Å². The van der Waals surface area contributed by atoms with Crippen LogP contribution in [0.15, 0.2) is 30.5 Å². The SMILES string of the molecule is CN(C)CCCNC(=O)c1ccc2[nH]c(-c3cc(NC=O)cn3C)nc2c1.Cl. The van der Waals surface area contributed by atoms with Crippen molar-refractivity contribution in [2.45, 2.75) is 6.42 Å². The molecule has 3 N–H and O–H groups in total. The molecule has 0 saturated heterocycles. The Kier molecular flexibility index (Phi) is 7.19. The van der Waals surface area contributed by atoms with Gasteiger partial charge in [-0.15, -0.1) is 12.4 Å². The highest BCUT2D eigenvalue weighted by molar-refractivity contribution is 5.97. The lowest BCUT2D eigenvalue weighted by Gasteiger charge is -2.09. The third-order valence-corrected chi connectivity index (χ3v) is 4.29. The molecule has 0 unspecified atom stereocenters. The van der Waals surface area contributed by atoms with Crippen LogP contribution in [0.5, 0.6) is 0 Å². The van der Waals surface area contributed by atoms with E-state index in [9.17, 15) is 9.59 Å². The molecular weight excluding hydrogens is 380 g/mol. The average Bonchev–Trinajstić information content (AvgIpc) is 3.20. The lowest BCUT2D eigenvalue weighted by molar-refractivity contribution is -0.105. The first-order valence-electron chi connectivity index (χ1n) is 8.77. The standard InChI is InChI=1S/C19H24N6O2.ClH/c1-24(2)8-4-7-20-19(27)13-5-6-15-16(9-13)23-18(22-15)17-10-14(21-12-26)11-25(17)3;/h5-6,9-12H,4,7-8H2,1-3H3,(H,20,27)(H,21,26)(H,22,23);1H. The number of rotatable bonds is 8. The van der Waals surface area contributed by atoms with Gasteiger partial charge in [-0.3, -0.25) is 9.59 Å². The van der Waals surface area contributed by atoms with Crippen molar-refractivity contribution in [1.82, 2.24) is 24.8 Å². The van der Waals surface area contributed by atoms with Crippen LogP contribution >= 0.6 is 12.4 Å². The van der Waals surface area contributed by atoms with Crippen LogP contribution in [0, 0.1) is 0 Å². The molecule has 1 aromatic carbocycles. The number of halogens is 1. The van der Waals surface area contributed by atoms with Crippen molar-refractivity contribution in [1.29, 1.82) is 0 Å². The van der Waals surface area contributed by atoms with Gasteiger partial charge in [0.05, 0.1) is 22.4 Å². The maximum atomic E-state index is 12.3. The normalized spacial score (nSPS) is 10.7. The summed E-state index contributed by atoms with van der Waals surface area (Å²) in [6.07, 6.45) is 3.35. The second-order valence-electron chi connectivity index (χ2n) is 6.72. The number of imidazole rings is 1. The Morgan fingerprint density at radius 1 is 1.32 bits per heavy atom. The zero-order valence-corrected chi connectivity index (χ0v) is 17.0. The van der Waals surface area contributed by atoms with Crippen molar-refractivity contribution in [3.63, 3.8) is 0 Å². The number of carbonyl (C=O) groups is 2. The van der Waals surface area contributed by atoms with Gasteiger partial charge < -0.3 is 25.1 Å². The maximum absolute atomic E-state index is 12.3. The number of anilines is 1. The highest BCUT2D eigenvalue weighted by Gasteiger charge is 2.12. The number of hydrogen-bond donors (Lipinski definition) is 3. The van der Waals surface area contributed by atoms with E-state index in [4.69, 9.17) is 0 Å². The minimum Gasteiger partial charge on any atom is -0.352 e. The quantitative estimate of drug-likeness (QED) is 0.396. The third kappa shape index (κ3) is 4.90. The summed E-state index contributed by atoms with van der Waals surface area (Å²) in [6.45, 7) is 1.57. The summed E-state index contributed by atoms with van der Waals surface area (Å²) < 4.78 is 1.88. The monoisotopic (exact) mass is 404 g/mol. The lowest BCUT2D eigenvalue weighted by atomic mass is 10.2. The fraction of sp³-hybridized carbons (Fsp3) is 0.316. The number of aromatic amines is 1. The Morgan fingerprint density at radius 2 is 2.11 bits per heavy atom. The Balaban J connectivity index is 0.00000280. The molecule has 0 saturated carbocycles. The van der Waals surface area contributed by atoms with Crippen molar-refractivity contribution in [2.75, 3.05) is 32.5 Å². The molecule has 0 fully saturated rings. The van der Waals surface area contributed by atoms with Crippen molar-refractivity contribution in [2.24, 2.45) is 7.05 Å². The number of nitrogens with zero attached hydrogens (tertiary/aromatic N) is 3. The summed E-state index contributed by atoms with van der Waals surface area (Å²) in [5.41, 5.74) is 3.68. The summed E-state index contributed by atoms with van der Waals surface area (Å²) in [4.78, 5) is 32.9. The highest BCUT2D eigenvalue weighted by Crippen LogP contribution is 2.24. The van der Waals surface area contributed by atoms with Gasteiger partial charge in [-0.2, -0.15) is 0 Å². The van der Waals surface area contributed by atoms with E-state index >= 15 is 0 Å². The second-order valence-corrected chi connectivity index (χ2v) is 6.72. The molecule has 3 rings (SSSR count). The number of carbonyl (C=O) groups excluding carboxylic acids is 2. The zero-order chi connectivity index (χ0) is 19.4. The number of fused-ring (bicyclic) bond motifs is 1. The maximum Gasteiger partial charge on any atom is 0.251 e. The molecule has 2 heterocycles. The minimum atomic E-state index is -0.100. The summed E-state index contributed by atoms with van der Waals surface area (Å²) in [6, 6.07) is 7.26. The van der Waals surface area contributed by atoms with Crippen molar-refractivity contribution in [3.05, 3.63) is 36.0 Å². The highest BCUT2D eigenvalue weighted by atomic mass is 35.5. The lowest BCUT2D eigenvalue weighted by Crippen LogP contribution is -2.27. The van der Waals surface area contributed by atoms with E-state index in [0.717, 1.165) is 29.7 Å². The van der Waals surface area contributed by atoms with E-state index < -0.39 is 0 Å². The Hall–Kier alpha value is -2.84. The molecule has 0 atom stereocenters. The first-order chi connectivity index (χ1) is 13.0. The average molecular weight is 405 g/mol. The Morgan fingerprint density at radius 3 is 2.82 bits per heavy atom. The van der Waals surface area contributed by atoms with Crippen LogP contribution in [0.1, 0.15) is 16.8 Å². The number of hydrogen-bond acceptors (Lipinski definition) is 4. The first kappa shape index (κ1) is 21.5. The summed E-state index contributed by atoms with van der Waals surface area (Å²) in [5.74, 6) is 0.575. The summed E-state index contributed by atoms with van der Waals surface area (Å²) >= 11 is 0. The van der Waals surface area contributed by atoms with Crippen LogP contribution in [0.25, 0.3) is 22.6 Å². The van der Waals surface area contributed by atoms with Crippen LogP contribution in [0.4, 0.5) is 5.69 Å². The van der Waals surface area contributed by atoms with Crippen molar-refractivity contribution >= 4 is 41.4 Å². The number of amides is 2. The van der Waals surface area contributed by atoms with Crippen molar-refractivity contribution < 1.29 is 9.59 Å². The molecule has 0 aliphatic heterocycles. The van der Waals surface area contributed by atoms with Crippen LogP contribution in [-0.2, 0) is 11.8 Å². The Bertz CT molecular complexity index is 963. The van der Waals surface area contributed by atoms with E-state index in [1.165, 1.54) is 0 Å². The molecule has 9 heteroatoms. The molecule has 3 aromatic rings. The minimum absolute atomic E-state index is 0. The molecule has 28 heavy (non-hydrogen) atoms. The fourth-order valence-electron chi connectivity index (χ4n) is 2.91. The Labute approximate surface area is 169 Å². The number of benzene rings is 1. The molecule has 2 aromatic heterocycles. The fourth-order valence-corrected chi connectivity index (χ4v) is 2.91. The van der Waals surface area contributed by atoms with Crippen molar-refractivity contribution in [3.8, 4) is 11.5 Å². The van der Waals surface area contributed by atoms with Crippen LogP contribution in [0.3, 0.4) is 0 Å². The van der Waals surface area contributed by atoms with Gasteiger partial charge in [-0.1, -0.05) is 0 Å². The molecular formula is C19H25ClN6O2. The molecule has 0 aliphatic carbocycles. The number of H-pyrrole nitrogens is 1. The predicted molar refractivity (Wildman–Crippen MR) is 113 cm³/mol. The zero-order valence-electron chi connectivity index (χ0n) is 16.2. The number of nitrogens with one attached hydrogen (secondary N) is 3. The topological polar surface area (TPSA) is 95.0 Å². The molecule has 0 bridgehead atoms. The molecule has 0 aliphatic rings. The molecule has 2 amide bonds. The number of aromatic nitrogens is 3. The second kappa shape index (κ2) is 9.38. The smallest absolute Gasteiger partial charge is 0.251 e. The largest absolute Gasteiger partial charge is 0.352 e. The van der Waals surface area contributed by atoms with E-state index in [2.05, 4.69) is 25.5 Å². The van der Waals surface area contributed by atoms with E-state index in [0.29, 0.717) is 30.0 Å². The summed E-state index contributed by atoms with van der Waals surface area (Å²) in [7, 11) is 5.90. The molecule has 150 valence electrons. The predicted octanol–water partition coefficient (Wildman–Crippen LogP) is 2.24. The van der Waals surface area contributed by atoms with Crippen LogP contribution in [-0.4, -0.2) is 58.9 Å². The van der Waals surface area contributed by atoms with E-state index in [-0.39, 0.29) is 18.3 Å². The molecule has 8 nitrogen and oxygen atoms in total. The molecule has 0 spiro atoms. The van der Waals surface area contributed by atoms with Gasteiger partial charge in [-0.05, 0) is 51.3 Å². The van der Waals surface area contributed by atoms with E-state index in [1.807, 2.05) is 44.0 Å². The van der Waals surface area contributed by atoms with Gasteiger partial charge in [0.25, 0.3) is 5.91 Å². The van der Waals surface area contributed by atoms with Gasteiger partial charge in [0.2, 0.25) is 6.41 Å². The first-order valence-corrected chi connectivity index (χ1v) is 8.77.